The SMILES string of the molecule is CO/C(=C\c1ccc(O)cc1)C(=O)NCCc1ccc(O)cc1. The van der Waals surface area contributed by atoms with Gasteiger partial charge in [-0.3, -0.25) is 4.79 Å². The van der Waals surface area contributed by atoms with Crippen LogP contribution in [0.2, 0.25) is 0 Å². The number of hydrogen-bond acceptors (Lipinski definition) is 4. The summed E-state index contributed by atoms with van der Waals surface area (Å²) in [7, 11) is 1.44. The van der Waals surface area contributed by atoms with E-state index in [0.717, 1.165) is 11.1 Å². The van der Waals surface area contributed by atoms with E-state index in [2.05, 4.69) is 5.32 Å². The van der Waals surface area contributed by atoms with Gasteiger partial charge in [0, 0.05) is 6.54 Å². The smallest absolute Gasteiger partial charge is 0.286 e. The maximum atomic E-state index is 12.1. The minimum Gasteiger partial charge on any atom is -0.508 e. The van der Waals surface area contributed by atoms with Gasteiger partial charge in [-0.1, -0.05) is 24.3 Å². The lowest BCUT2D eigenvalue weighted by Gasteiger charge is -2.08. The van der Waals surface area contributed by atoms with Crippen molar-refractivity contribution >= 4 is 12.0 Å². The van der Waals surface area contributed by atoms with Crippen LogP contribution in [0.4, 0.5) is 0 Å². The van der Waals surface area contributed by atoms with Crippen LogP contribution in [-0.2, 0) is 16.0 Å². The first-order valence-corrected chi connectivity index (χ1v) is 7.19. The van der Waals surface area contributed by atoms with Crippen LogP contribution in [0, 0.1) is 0 Å². The number of phenols is 2. The highest BCUT2D eigenvalue weighted by Gasteiger charge is 2.09. The molecule has 0 aliphatic heterocycles. The summed E-state index contributed by atoms with van der Waals surface area (Å²) < 4.78 is 5.12. The van der Waals surface area contributed by atoms with Gasteiger partial charge >= 0.3 is 0 Å². The molecule has 5 heteroatoms. The molecule has 0 saturated carbocycles. The third-order valence-corrected chi connectivity index (χ3v) is 3.27. The minimum absolute atomic E-state index is 0.166. The minimum atomic E-state index is -0.306. The predicted octanol–water partition coefficient (Wildman–Crippen LogP) is 2.44. The summed E-state index contributed by atoms with van der Waals surface area (Å²) in [5.41, 5.74) is 1.78. The molecule has 0 radical (unpaired) electrons. The molecule has 0 unspecified atom stereocenters. The number of phenolic OH excluding ortho intramolecular Hbond substituents is 2. The van der Waals surface area contributed by atoms with E-state index >= 15 is 0 Å². The van der Waals surface area contributed by atoms with Crippen LogP contribution in [0.3, 0.4) is 0 Å². The molecule has 0 fully saturated rings. The van der Waals surface area contributed by atoms with Gasteiger partial charge in [0.1, 0.15) is 11.5 Å². The molecular formula is C18H19NO4. The molecule has 0 bridgehead atoms. The molecule has 2 rings (SSSR count). The number of amides is 1. The number of carbonyl (C=O) groups is 1. The molecule has 0 aliphatic rings. The topological polar surface area (TPSA) is 78.8 Å². The van der Waals surface area contributed by atoms with Crippen molar-refractivity contribution in [3.05, 3.63) is 65.4 Å². The molecule has 1 amide bonds. The third kappa shape index (κ3) is 5.07. The lowest BCUT2D eigenvalue weighted by atomic mass is 10.1. The van der Waals surface area contributed by atoms with Crippen molar-refractivity contribution in [1.82, 2.24) is 5.32 Å². The summed E-state index contributed by atoms with van der Waals surface area (Å²) in [6.07, 6.45) is 2.26. The second kappa shape index (κ2) is 7.89. The van der Waals surface area contributed by atoms with Gasteiger partial charge in [0.05, 0.1) is 7.11 Å². The molecule has 0 heterocycles. The van der Waals surface area contributed by atoms with Crippen molar-refractivity contribution in [2.75, 3.05) is 13.7 Å². The molecular weight excluding hydrogens is 294 g/mol. The molecule has 0 spiro atoms. The Bertz CT molecular complexity index is 675. The molecule has 23 heavy (non-hydrogen) atoms. The number of nitrogens with one attached hydrogen (secondary N) is 1. The Hall–Kier alpha value is -2.95. The van der Waals surface area contributed by atoms with Crippen molar-refractivity contribution < 1.29 is 19.7 Å². The zero-order valence-electron chi connectivity index (χ0n) is 12.8. The predicted molar refractivity (Wildman–Crippen MR) is 87.9 cm³/mol. The zero-order valence-corrected chi connectivity index (χ0v) is 12.8. The Morgan fingerprint density at radius 1 is 1.04 bits per heavy atom. The van der Waals surface area contributed by atoms with Gasteiger partial charge in [-0.05, 0) is 47.9 Å². The Morgan fingerprint density at radius 3 is 2.17 bits per heavy atom. The van der Waals surface area contributed by atoms with Gasteiger partial charge in [-0.15, -0.1) is 0 Å². The highest BCUT2D eigenvalue weighted by molar-refractivity contribution is 5.95. The van der Waals surface area contributed by atoms with Crippen LogP contribution >= 0.6 is 0 Å². The molecule has 2 aromatic rings. The largest absolute Gasteiger partial charge is 0.508 e. The van der Waals surface area contributed by atoms with Crippen LogP contribution in [0.5, 0.6) is 11.5 Å². The van der Waals surface area contributed by atoms with E-state index in [1.807, 2.05) is 12.1 Å². The fourth-order valence-corrected chi connectivity index (χ4v) is 2.01. The van der Waals surface area contributed by atoms with Gasteiger partial charge in [0.15, 0.2) is 5.76 Å². The number of aromatic hydroxyl groups is 2. The van der Waals surface area contributed by atoms with E-state index < -0.39 is 0 Å². The van der Waals surface area contributed by atoms with Gasteiger partial charge in [0.2, 0.25) is 0 Å². The highest BCUT2D eigenvalue weighted by atomic mass is 16.5. The number of ether oxygens (including phenoxy) is 1. The molecule has 0 aliphatic carbocycles. The summed E-state index contributed by atoms with van der Waals surface area (Å²) >= 11 is 0. The molecule has 2 aromatic carbocycles. The molecule has 3 N–H and O–H groups in total. The Labute approximate surface area is 134 Å². The van der Waals surface area contributed by atoms with Crippen molar-refractivity contribution in [2.45, 2.75) is 6.42 Å². The van der Waals surface area contributed by atoms with Crippen LogP contribution in [-0.4, -0.2) is 29.8 Å². The average molecular weight is 313 g/mol. The van der Waals surface area contributed by atoms with Crippen LogP contribution in [0.25, 0.3) is 6.08 Å². The Morgan fingerprint density at radius 2 is 1.61 bits per heavy atom. The van der Waals surface area contributed by atoms with Gasteiger partial charge in [-0.25, -0.2) is 0 Å². The third-order valence-electron chi connectivity index (χ3n) is 3.27. The zero-order chi connectivity index (χ0) is 16.7. The van der Waals surface area contributed by atoms with Crippen LogP contribution in [0.1, 0.15) is 11.1 Å². The van der Waals surface area contributed by atoms with Crippen LogP contribution in [0.15, 0.2) is 54.3 Å². The van der Waals surface area contributed by atoms with E-state index in [-0.39, 0.29) is 23.2 Å². The molecule has 0 saturated heterocycles. The van der Waals surface area contributed by atoms with E-state index in [1.165, 1.54) is 7.11 Å². The quantitative estimate of drug-likeness (QED) is 0.565. The Balaban J connectivity index is 1.92. The van der Waals surface area contributed by atoms with Crippen molar-refractivity contribution in [2.24, 2.45) is 0 Å². The highest BCUT2D eigenvalue weighted by Crippen LogP contribution is 2.13. The van der Waals surface area contributed by atoms with Crippen molar-refractivity contribution in [3.8, 4) is 11.5 Å². The van der Waals surface area contributed by atoms with E-state index in [0.29, 0.717) is 13.0 Å². The summed E-state index contributed by atoms with van der Waals surface area (Å²) in [6.45, 7) is 0.458. The summed E-state index contributed by atoms with van der Waals surface area (Å²) in [5.74, 6) is 0.275. The van der Waals surface area contributed by atoms with Gasteiger partial charge in [0.25, 0.3) is 5.91 Å². The first-order chi connectivity index (χ1) is 11.1. The molecule has 0 atom stereocenters. The summed E-state index contributed by atoms with van der Waals surface area (Å²) in [5, 5.41) is 21.3. The fourth-order valence-electron chi connectivity index (χ4n) is 2.01. The normalized spacial score (nSPS) is 11.1. The van der Waals surface area contributed by atoms with E-state index in [9.17, 15) is 15.0 Å². The lowest BCUT2D eigenvalue weighted by Crippen LogP contribution is -2.27. The van der Waals surface area contributed by atoms with Gasteiger partial charge < -0.3 is 20.3 Å². The van der Waals surface area contributed by atoms with E-state index in [4.69, 9.17) is 4.74 Å². The monoisotopic (exact) mass is 313 g/mol. The summed E-state index contributed by atoms with van der Waals surface area (Å²) in [6, 6.07) is 13.3. The standard InChI is InChI=1S/C18H19NO4/c1-23-17(12-14-4-8-16(21)9-5-14)18(22)19-11-10-13-2-6-15(20)7-3-13/h2-9,12,20-21H,10-11H2,1H3,(H,19,22)/b17-12-. The molecule has 0 aromatic heterocycles. The number of hydrogen-bond donors (Lipinski definition) is 3. The number of rotatable bonds is 6. The van der Waals surface area contributed by atoms with Crippen molar-refractivity contribution in [3.63, 3.8) is 0 Å². The number of methoxy groups -OCH3 is 1. The first-order valence-electron chi connectivity index (χ1n) is 7.19. The average Bonchev–Trinajstić information content (AvgIpc) is 2.56. The van der Waals surface area contributed by atoms with E-state index in [1.54, 1.807) is 42.5 Å². The number of benzene rings is 2. The first kappa shape index (κ1) is 16.4. The number of carbonyl (C=O) groups excluding carboxylic acids is 1. The fraction of sp³-hybridized carbons (Fsp3) is 0.167. The second-order valence-corrected chi connectivity index (χ2v) is 4.98. The Kier molecular flexibility index (Phi) is 5.63. The maximum absolute atomic E-state index is 12.1. The summed E-state index contributed by atoms with van der Waals surface area (Å²) in [4.78, 5) is 12.1. The van der Waals surface area contributed by atoms with Crippen molar-refractivity contribution in [1.29, 1.82) is 0 Å². The van der Waals surface area contributed by atoms with Gasteiger partial charge in [-0.2, -0.15) is 0 Å². The maximum Gasteiger partial charge on any atom is 0.286 e. The lowest BCUT2D eigenvalue weighted by molar-refractivity contribution is -0.120. The molecule has 5 nitrogen and oxygen atoms in total. The van der Waals surface area contributed by atoms with Crippen LogP contribution < -0.4 is 5.32 Å². The molecule has 120 valence electrons. The second-order valence-electron chi connectivity index (χ2n) is 4.98.